The summed E-state index contributed by atoms with van der Waals surface area (Å²) in [6.07, 6.45) is 0. The van der Waals surface area contributed by atoms with Crippen LogP contribution in [0.1, 0.15) is 11.1 Å². The molecule has 0 fully saturated rings. The van der Waals surface area contributed by atoms with E-state index in [9.17, 15) is 20.2 Å². The van der Waals surface area contributed by atoms with E-state index in [-0.39, 0.29) is 11.4 Å². The standard InChI is InChI=1S/C18H16N4O6S3/c1-27-15-5-3-13(21(23)24)7-11(15)9-29-17-19-20-18(31-17)30-10-12-8-14(22(25)26)4-6-16(12)28-2/h3-8H,9-10H2,1-2H3. The van der Waals surface area contributed by atoms with E-state index >= 15 is 0 Å². The topological polar surface area (TPSA) is 131 Å². The second-order valence-corrected chi connectivity index (χ2v) is 9.34. The van der Waals surface area contributed by atoms with Crippen LogP contribution in [-0.2, 0) is 11.5 Å². The number of benzene rings is 2. The van der Waals surface area contributed by atoms with Crippen LogP contribution in [0.25, 0.3) is 0 Å². The molecule has 3 aromatic rings. The van der Waals surface area contributed by atoms with E-state index in [0.717, 1.165) is 0 Å². The molecular weight excluding hydrogens is 464 g/mol. The van der Waals surface area contributed by atoms with Gasteiger partial charge in [0, 0.05) is 46.9 Å². The van der Waals surface area contributed by atoms with Crippen LogP contribution in [0.15, 0.2) is 45.1 Å². The third-order valence-electron chi connectivity index (χ3n) is 4.04. The number of hydrogen-bond donors (Lipinski definition) is 0. The fraction of sp³-hybridized carbons (Fsp3) is 0.222. The normalized spacial score (nSPS) is 10.6. The van der Waals surface area contributed by atoms with Gasteiger partial charge in [0.25, 0.3) is 11.4 Å². The van der Waals surface area contributed by atoms with Crippen molar-refractivity contribution in [2.75, 3.05) is 14.2 Å². The zero-order valence-corrected chi connectivity index (χ0v) is 18.8. The number of nitrogens with zero attached hydrogens (tertiary/aromatic N) is 4. The summed E-state index contributed by atoms with van der Waals surface area (Å²) in [5.74, 6) is 2.00. The summed E-state index contributed by atoms with van der Waals surface area (Å²) in [5, 5.41) is 30.3. The van der Waals surface area contributed by atoms with Gasteiger partial charge >= 0.3 is 0 Å². The van der Waals surface area contributed by atoms with Crippen molar-refractivity contribution in [3.8, 4) is 11.5 Å². The molecule has 13 heteroatoms. The van der Waals surface area contributed by atoms with E-state index in [4.69, 9.17) is 9.47 Å². The summed E-state index contributed by atoms with van der Waals surface area (Å²) in [5.41, 5.74) is 1.37. The maximum Gasteiger partial charge on any atom is 0.270 e. The molecule has 0 amide bonds. The molecule has 31 heavy (non-hydrogen) atoms. The quantitative estimate of drug-likeness (QED) is 0.223. The van der Waals surface area contributed by atoms with Crippen molar-refractivity contribution in [1.82, 2.24) is 10.2 Å². The molecule has 2 aromatic carbocycles. The SMILES string of the molecule is COc1ccc([N+](=O)[O-])cc1CSc1nnc(SCc2cc([N+](=O)[O-])ccc2OC)s1. The van der Waals surface area contributed by atoms with Crippen LogP contribution in [0.2, 0.25) is 0 Å². The molecule has 0 unspecified atom stereocenters. The highest BCUT2D eigenvalue weighted by molar-refractivity contribution is 8.02. The first-order chi connectivity index (χ1) is 14.9. The Bertz CT molecular complexity index is 1020. The summed E-state index contributed by atoms with van der Waals surface area (Å²) >= 11 is 4.16. The number of non-ortho nitro benzene ring substituents is 2. The largest absolute Gasteiger partial charge is 0.496 e. The van der Waals surface area contributed by atoms with Crippen LogP contribution in [0.5, 0.6) is 11.5 Å². The summed E-state index contributed by atoms with van der Waals surface area (Å²) in [7, 11) is 3.02. The van der Waals surface area contributed by atoms with Gasteiger partial charge in [0.2, 0.25) is 0 Å². The van der Waals surface area contributed by atoms with Gasteiger partial charge in [-0.1, -0.05) is 34.9 Å². The van der Waals surface area contributed by atoms with Crippen LogP contribution >= 0.6 is 34.9 Å². The second kappa shape index (κ2) is 10.4. The molecule has 0 saturated carbocycles. The fourth-order valence-corrected chi connectivity index (χ4v) is 5.55. The van der Waals surface area contributed by atoms with Crippen LogP contribution < -0.4 is 9.47 Å². The van der Waals surface area contributed by atoms with Gasteiger partial charge in [-0.25, -0.2) is 0 Å². The Labute approximate surface area is 189 Å². The average molecular weight is 481 g/mol. The summed E-state index contributed by atoms with van der Waals surface area (Å²) in [6, 6.07) is 8.90. The first-order valence-corrected chi connectivity index (χ1v) is 11.4. The predicted octanol–water partition coefficient (Wildman–Crippen LogP) is 4.96. The van der Waals surface area contributed by atoms with E-state index < -0.39 is 9.85 Å². The molecular formula is C18H16N4O6S3. The van der Waals surface area contributed by atoms with E-state index in [2.05, 4.69) is 10.2 Å². The molecule has 0 aliphatic carbocycles. The van der Waals surface area contributed by atoms with Crippen LogP contribution in [0, 0.1) is 20.2 Å². The smallest absolute Gasteiger partial charge is 0.270 e. The summed E-state index contributed by atoms with van der Waals surface area (Å²) in [6.45, 7) is 0. The average Bonchev–Trinajstić information content (AvgIpc) is 3.23. The minimum absolute atomic E-state index is 0.00388. The molecule has 0 N–H and O–H groups in total. The number of nitro benzene ring substituents is 2. The second-order valence-electron chi connectivity index (χ2n) is 5.92. The molecule has 10 nitrogen and oxygen atoms in total. The van der Waals surface area contributed by atoms with Gasteiger partial charge in [0.05, 0.1) is 24.1 Å². The van der Waals surface area contributed by atoms with Crippen molar-refractivity contribution < 1.29 is 19.3 Å². The third kappa shape index (κ3) is 5.83. The Morgan fingerprint density at radius 2 is 1.26 bits per heavy atom. The first-order valence-electron chi connectivity index (χ1n) is 8.63. The lowest BCUT2D eigenvalue weighted by molar-refractivity contribution is -0.385. The van der Waals surface area contributed by atoms with E-state index in [1.807, 2.05) is 0 Å². The van der Waals surface area contributed by atoms with Crippen molar-refractivity contribution in [2.24, 2.45) is 0 Å². The lowest BCUT2D eigenvalue weighted by atomic mass is 10.2. The van der Waals surface area contributed by atoms with Gasteiger partial charge in [-0.2, -0.15) is 0 Å². The molecule has 0 radical (unpaired) electrons. The van der Waals surface area contributed by atoms with Gasteiger partial charge in [0.15, 0.2) is 8.68 Å². The zero-order chi connectivity index (χ0) is 22.4. The fourth-order valence-electron chi connectivity index (χ4n) is 2.58. The van der Waals surface area contributed by atoms with Gasteiger partial charge in [-0.15, -0.1) is 10.2 Å². The lowest BCUT2D eigenvalue weighted by Crippen LogP contribution is -1.94. The number of rotatable bonds is 10. The van der Waals surface area contributed by atoms with E-state index in [1.165, 1.54) is 73.3 Å². The Morgan fingerprint density at radius 3 is 1.61 bits per heavy atom. The third-order valence-corrected chi connectivity index (χ3v) is 7.33. The van der Waals surface area contributed by atoms with Crippen molar-refractivity contribution >= 4 is 46.2 Å². The first kappa shape index (κ1) is 22.8. The van der Waals surface area contributed by atoms with Crippen LogP contribution in [0.3, 0.4) is 0 Å². The highest BCUT2D eigenvalue weighted by Crippen LogP contribution is 2.36. The predicted molar refractivity (Wildman–Crippen MR) is 118 cm³/mol. The molecule has 0 aliphatic rings. The van der Waals surface area contributed by atoms with Gasteiger partial charge in [0.1, 0.15) is 11.5 Å². The maximum atomic E-state index is 11.0. The van der Waals surface area contributed by atoms with Crippen molar-refractivity contribution in [3.63, 3.8) is 0 Å². The Morgan fingerprint density at radius 1 is 0.839 bits per heavy atom. The molecule has 0 spiro atoms. The zero-order valence-electron chi connectivity index (χ0n) is 16.3. The number of thioether (sulfide) groups is 2. The Hall–Kier alpha value is -2.90. The number of methoxy groups -OCH3 is 2. The molecule has 0 saturated heterocycles. The molecule has 162 valence electrons. The number of aromatic nitrogens is 2. The minimum Gasteiger partial charge on any atom is -0.496 e. The summed E-state index contributed by atoms with van der Waals surface area (Å²) in [4.78, 5) is 21.1. The highest BCUT2D eigenvalue weighted by Gasteiger charge is 2.15. The van der Waals surface area contributed by atoms with Crippen molar-refractivity contribution in [3.05, 3.63) is 67.8 Å². The molecule has 1 heterocycles. The number of ether oxygens (including phenoxy) is 2. The molecule has 0 aliphatic heterocycles. The van der Waals surface area contributed by atoms with Crippen LogP contribution in [0.4, 0.5) is 11.4 Å². The summed E-state index contributed by atoms with van der Waals surface area (Å²) < 4.78 is 11.9. The molecule has 1 aromatic heterocycles. The Balaban J connectivity index is 1.65. The Kier molecular flexibility index (Phi) is 7.65. The van der Waals surface area contributed by atoms with Gasteiger partial charge < -0.3 is 9.47 Å². The monoisotopic (exact) mass is 480 g/mol. The number of nitro groups is 2. The molecule has 0 bridgehead atoms. The van der Waals surface area contributed by atoms with Crippen molar-refractivity contribution in [2.45, 2.75) is 20.2 Å². The maximum absolute atomic E-state index is 11.0. The van der Waals surface area contributed by atoms with E-state index in [0.29, 0.717) is 42.8 Å². The lowest BCUT2D eigenvalue weighted by Gasteiger charge is -2.07. The minimum atomic E-state index is -0.449. The molecule has 0 atom stereocenters. The van der Waals surface area contributed by atoms with E-state index in [1.54, 1.807) is 12.1 Å². The highest BCUT2D eigenvalue weighted by atomic mass is 32.2. The van der Waals surface area contributed by atoms with Crippen molar-refractivity contribution in [1.29, 1.82) is 0 Å². The van der Waals surface area contributed by atoms with Crippen LogP contribution in [-0.4, -0.2) is 34.3 Å². The van der Waals surface area contributed by atoms with Gasteiger partial charge in [-0.3, -0.25) is 20.2 Å². The molecule has 3 rings (SSSR count). The number of hydrogen-bond acceptors (Lipinski definition) is 11. The van der Waals surface area contributed by atoms with Gasteiger partial charge in [-0.05, 0) is 12.1 Å².